The summed E-state index contributed by atoms with van der Waals surface area (Å²) in [5.41, 5.74) is 1.14. The fraction of sp³-hybridized carbons (Fsp3) is 0.0588. The number of ether oxygens (including phenoxy) is 1. The average molecular weight is 282 g/mol. The lowest BCUT2D eigenvalue weighted by Crippen LogP contribution is -2.04. The van der Waals surface area contributed by atoms with E-state index in [-0.39, 0.29) is 22.7 Å². The minimum atomic E-state index is -0.559. The number of ketones is 1. The Morgan fingerprint density at radius 3 is 2.48 bits per heavy atom. The minimum Gasteiger partial charge on any atom is -0.507 e. The van der Waals surface area contributed by atoms with E-state index >= 15 is 0 Å². The molecule has 106 valence electrons. The zero-order valence-corrected chi connectivity index (χ0v) is 11.4. The average Bonchev–Trinajstić information content (AvgIpc) is 2.53. The Hall–Kier alpha value is -2.88. The van der Waals surface area contributed by atoms with Crippen molar-refractivity contribution < 1.29 is 19.4 Å². The third kappa shape index (κ3) is 3.57. The van der Waals surface area contributed by atoms with Crippen molar-refractivity contribution in [1.29, 1.82) is 0 Å². The zero-order chi connectivity index (χ0) is 15.2. The van der Waals surface area contributed by atoms with Gasteiger partial charge in [-0.1, -0.05) is 36.4 Å². The predicted molar refractivity (Wildman–Crippen MR) is 79.3 cm³/mol. The summed E-state index contributed by atoms with van der Waals surface area (Å²) in [7, 11) is 1.26. The molecule has 0 bridgehead atoms. The SMILES string of the molecule is COC(=O)c1ccc(O)c(C(=O)/C=C/c2ccccc2)c1. The van der Waals surface area contributed by atoms with Crippen molar-refractivity contribution in [1.82, 2.24) is 0 Å². The second-order valence-corrected chi connectivity index (χ2v) is 4.33. The van der Waals surface area contributed by atoms with Crippen LogP contribution in [0.4, 0.5) is 0 Å². The van der Waals surface area contributed by atoms with Crippen molar-refractivity contribution >= 4 is 17.8 Å². The van der Waals surface area contributed by atoms with Crippen molar-refractivity contribution in [3.8, 4) is 5.75 Å². The monoisotopic (exact) mass is 282 g/mol. The van der Waals surface area contributed by atoms with Gasteiger partial charge in [-0.15, -0.1) is 0 Å². The minimum absolute atomic E-state index is 0.0603. The number of rotatable bonds is 4. The first-order valence-electron chi connectivity index (χ1n) is 6.30. The first-order valence-corrected chi connectivity index (χ1v) is 6.30. The molecule has 0 atom stereocenters. The van der Waals surface area contributed by atoms with Crippen molar-refractivity contribution in [2.75, 3.05) is 7.11 Å². The third-order valence-electron chi connectivity index (χ3n) is 2.91. The molecule has 0 unspecified atom stereocenters. The highest BCUT2D eigenvalue weighted by Gasteiger charge is 2.13. The standard InChI is InChI=1S/C17H14O4/c1-21-17(20)13-8-10-16(19)14(11-13)15(18)9-7-12-5-3-2-4-6-12/h2-11,19H,1H3/b9-7+. The van der Waals surface area contributed by atoms with Crippen LogP contribution < -0.4 is 0 Å². The molecule has 0 aliphatic carbocycles. The number of phenols is 1. The maximum atomic E-state index is 12.1. The molecule has 2 aromatic rings. The molecule has 21 heavy (non-hydrogen) atoms. The van der Waals surface area contributed by atoms with E-state index in [1.165, 1.54) is 31.4 Å². The highest BCUT2D eigenvalue weighted by molar-refractivity contribution is 6.09. The Morgan fingerprint density at radius 2 is 1.81 bits per heavy atom. The maximum absolute atomic E-state index is 12.1. The Balaban J connectivity index is 2.26. The van der Waals surface area contributed by atoms with Gasteiger partial charge in [0.1, 0.15) is 5.75 Å². The number of hydrogen-bond donors (Lipinski definition) is 1. The van der Waals surface area contributed by atoms with Gasteiger partial charge in [-0.25, -0.2) is 4.79 Å². The van der Waals surface area contributed by atoms with Crippen LogP contribution in [0, 0.1) is 0 Å². The van der Waals surface area contributed by atoms with E-state index < -0.39 is 5.97 Å². The van der Waals surface area contributed by atoms with Gasteiger partial charge in [0.05, 0.1) is 18.2 Å². The highest BCUT2D eigenvalue weighted by atomic mass is 16.5. The van der Waals surface area contributed by atoms with E-state index in [0.29, 0.717) is 0 Å². The summed E-state index contributed by atoms with van der Waals surface area (Å²) in [4.78, 5) is 23.5. The van der Waals surface area contributed by atoms with Crippen LogP contribution in [0.3, 0.4) is 0 Å². The Morgan fingerprint density at radius 1 is 1.10 bits per heavy atom. The van der Waals surface area contributed by atoms with Gasteiger partial charge in [0.15, 0.2) is 5.78 Å². The fourth-order valence-electron chi connectivity index (χ4n) is 1.80. The lowest BCUT2D eigenvalue weighted by molar-refractivity contribution is 0.0600. The molecule has 2 rings (SSSR count). The first kappa shape index (κ1) is 14.5. The van der Waals surface area contributed by atoms with Crippen LogP contribution in [0.1, 0.15) is 26.3 Å². The number of aromatic hydroxyl groups is 1. The van der Waals surface area contributed by atoms with E-state index in [0.717, 1.165) is 5.56 Å². The van der Waals surface area contributed by atoms with Crippen molar-refractivity contribution in [3.05, 3.63) is 71.3 Å². The van der Waals surface area contributed by atoms with Gasteiger partial charge in [-0.2, -0.15) is 0 Å². The Kier molecular flexibility index (Phi) is 4.51. The highest BCUT2D eigenvalue weighted by Crippen LogP contribution is 2.20. The van der Waals surface area contributed by atoms with E-state index in [2.05, 4.69) is 4.74 Å². The fourth-order valence-corrected chi connectivity index (χ4v) is 1.80. The normalized spacial score (nSPS) is 10.5. The number of benzene rings is 2. The summed E-state index contributed by atoms with van der Waals surface area (Å²) in [6.07, 6.45) is 3.00. The second-order valence-electron chi connectivity index (χ2n) is 4.33. The molecule has 0 fully saturated rings. The van der Waals surface area contributed by atoms with Crippen LogP contribution >= 0.6 is 0 Å². The molecule has 4 heteroatoms. The number of hydrogen-bond acceptors (Lipinski definition) is 4. The number of esters is 1. The summed E-state index contributed by atoms with van der Waals surface area (Å²) >= 11 is 0. The molecule has 0 amide bonds. The van der Waals surface area contributed by atoms with Crippen molar-refractivity contribution in [2.45, 2.75) is 0 Å². The molecule has 0 aliphatic rings. The lowest BCUT2D eigenvalue weighted by atomic mass is 10.0. The number of allylic oxidation sites excluding steroid dienone is 1. The second kappa shape index (κ2) is 6.52. The summed E-state index contributed by atoms with van der Waals surface area (Å²) in [5.74, 6) is -1.12. The van der Waals surface area contributed by atoms with Gasteiger partial charge in [0.25, 0.3) is 0 Å². The number of carbonyl (C=O) groups excluding carboxylic acids is 2. The number of methoxy groups -OCH3 is 1. The van der Waals surface area contributed by atoms with Gasteiger partial charge in [-0.3, -0.25) is 4.79 Å². The molecule has 0 aromatic heterocycles. The van der Waals surface area contributed by atoms with Crippen LogP contribution in [0.5, 0.6) is 5.75 Å². The molecule has 2 aromatic carbocycles. The smallest absolute Gasteiger partial charge is 0.337 e. The molecule has 0 heterocycles. The van der Waals surface area contributed by atoms with E-state index in [1.54, 1.807) is 6.08 Å². The predicted octanol–water partition coefficient (Wildman–Crippen LogP) is 3.07. The summed E-state index contributed by atoms with van der Waals surface area (Å²) in [5, 5.41) is 9.75. The first-order chi connectivity index (χ1) is 10.1. The molecule has 0 saturated heterocycles. The van der Waals surface area contributed by atoms with Crippen molar-refractivity contribution in [3.63, 3.8) is 0 Å². The Labute approximate surface area is 122 Å². The van der Waals surface area contributed by atoms with Crippen LogP contribution in [0.15, 0.2) is 54.6 Å². The summed E-state index contributed by atoms with van der Waals surface area (Å²) < 4.78 is 4.59. The van der Waals surface area contributed by atoms with Crippen LogP contribution in [-0.4, -0.2) is 24.0 Å². The van der Waals surface area contributed by atoms with Gasteiger partial charge >= 0.3 is 5.97 Å². The lowest BCUT2D eigenvalue weighted by Gasteiger charge is -2.04. The Bertz CT molecular complexity index is 687. The van der Waals surface area contributed by atoms with Gasteiger partial charge < -0.3 is 9.84 Å². The van der Waals surface area contributed by atoms with Crippen molar-refractivity contribution in [2.24, 2.45) is 0 Å². The van der Waals surface area contributed by atoms with Gasteiger partial charge in [0, 0.05) is 0 Å². The largest absolute Gasteiger partial charge is 0.507 e. The van der Waals surface area contributed by atoms with Crippen LogP contribution in [-0.2, 0) is 4.74 Å². The molecule has 1 N–H and O–H groups in total. The van der Waals surface area contributed by atoms with E-state index in [1.807, 2.05) is 30.3 Å². The summed E-state index contributed by atoms with van der Waals surface area (Å²) in [6.45, 7) is 0. The quantitative estimate of drug-likeness (QED) is 0.532. The number of carbonyl (C=O) groups is 2. The van der Waals surface area contributed by atoms with Crippen LogP contribution in [0.2, 0.25) is 0 Å². The van der Waals surface area contributed by atoms with Gasteiger partial charge in [-0.05, 0) is 29.8 Å². The topological polar surface area (TPSA) is 63.6 Å². The molecule has 0 radical (unpaired) electrons. The molecular formula is C17H14O4. The zero-order valence-electron chi connectivity index (χ0n) is 11.4. The maximum Gasteiger partial charge on any atom is 0.337 e. The van der Waals surface area contributed by atoms with E-state index in [9.17, 15) is 14.7 Å². The third-order valence-corrected chi connectivity index (χ3v) is 2.91. The molecular weight excluding hydrogens is 268 g/mol. The molecule has 4 nitrogen and oxygen atoms in total. The van der Waals surface area contributed by atoms with Crippen LogP contribution in [0.25, 0.3) is 6.08 Å². The van der Waals surface area contributed by atoms with Gasteiger partial charge in [0.2, 0.25) is 0 Å². The summed E-state index contributed by atoms with van der Waals surface area (Å²) in [6, 6.07) is 13.3. The van der Waals surface area contributed by atoms with E-state index in [4.69, 9.17) is 0 Å². The molecule has 0 aliphatic heterocycles. The molecule has 0 saturated carbocycles. The molecule has 0 spiro atoms. The number of phenolic OH excluding ortho intramolecular Hbond substituents is 1.